The Hall–Kier alpha value is -2.26. The molecule has 2 heterocycles. The topological polar surface area (TPSA) is 94.1 Å². The average molecular weight is 572 g/mol. The lowest BCUT2D eigenvalue weighted by Crippen LogP contribution is -2.44. The van der Waals surface area contributed by atoms with E-state index in [1.807, 2.05) is 7.05 Å². The van der Waals surface area contributed by atoms with Gasteiger partial charge in [0.2, 0.25) is 6.41 Å². The summed E-state index contributed by atoms with van der Waals surface area (Å²) in [5.74, 6) is 1.69. The first-order chi connectivity index (χ1) is 19.3. The van der Waals surface area contributed by atoms with Crippen molar-refractivity contribution in [3.8, 4) is 0 Å². The van der Waals surface area contributed by atoms with Crippen LogP contribution in [0.15, 0.2) is 47.4 Å². The van der Waals surface area contributed by atoms with Gasteiger partial charge in [0.15, 0.2) is 0 Å². The van der Waals surface area contributed by atoms with Crippen molar-refractivity contribution in [3.05, 3.63) is 53.6 Å². The number of hydrogen-bond acceptors (Lipinski definition) is 7. The summed E-state index contributed by atoms with van der Waals surface area (Å²) in [7, 11) is 6.29. The van der Waals surface area contributed by atoms with E-state index in [0.29, 0.717) is 30.6 Å². The van der Waals surface area contributed by atoms with Crippen molar-refractivity contribution in [1.82, 2.24) is 5.32 Å². The third kappa shape index (κ3) is 8.62. The number of carbonyl (C=O) groups excluding carboxylic acids is 1. The SMILES string of the molecule is CCCC[C@]1(CC)CSc2ccc(N(C)C)cc2[C@@H](c2cccc(NC)c2)C1.O=CN[C@H]1CC(O)CC(CO)O1. The number of amides is 1. The van der Waals surface area contributed by atoms with Crippen molar-refractivity contribution in [2.45, 2.75) is 88.0 Å². The zero-order valence-corrected chi connectivity index (χ0v) is 25.7. The highest BCUT2D eigenvalue weighted by molar-refractivity contribution is 7.99. The quantitative estimate of drug-likeness (QED) is 0.276. The monoisotopic (exact) mass is 571 g/mol. The Morgan fingerprint density at radius 2 is 1.98 bits per heavy atom. The minimum atomic E-state index is -0.506. The molecule has 0 bridgehead atoms. The van der Waals surface area contributed by atoms with E-state index in [-0.39, 0.29) is 12.7 Å². The summed E-state index contributed by atoms with van der Waals surface area (Å²) in [6, 6.07) is 16.1. The van der Waals surface area contributed by atoms with Gasteiger partial charge in [-0.3, -0.25) is 4.79 Å². The molecule has 7 nitrogen and oxygen atoms in total. The van der Waals surface area contributed by atoms with E-state index < -0.39 is 12.3 Å². The molecule has 2 aromatic carbocycles. The summed E-state index contributed by atoms with van der Waals surface area (Å²) < 4.78 is 5.19. The summed E-state index contributed by atoms with van der Waals surface area (Å²) >= 11 is 2.09. The summed E-state index contributed by atoms with van der Waals surface area (Å²) in [5.41, 5.74) is 5.87. The fourth-order valence-corrected chi connectivity index (χ4v) is 7.16. The predicted octanol–water partition coefficient (Wildman–Crippen LogP) is 5.60. The molecule has 4 rings (SSSR count). The molecule has 5 atom stereocenters. The first-order valence-corrected chi connectivity index (χ1v) is 15.6. The van der Waals surface area contributed by atoms with Crippen LogP contribution in [0, 0.1) is 5.41 Å². The lowest BCUT2D eigenvalue weighted by molar-refractivity contribution is -0.134. The summed E-state index contributed by atoms with van der Waals surface area (Å²) in [6.45, 7) is 4.59. The molecule has 4 N–H and O–H groups in total. The van der Waals surface area contributed by atoms with Crippen LogP contribution < -0.4 is 15.5 Å². The average Bonchev–Trinajstić information content (AvgIpc) is 3.13. The second-order valence-corrected chi connectivity index (χ2v) is 12.4. The molecule has 1 amide bonds. The number of hydrogen-bond donors (Lipinski definition) is 4. The Labute approximate surface area is 245 Å². The predicted molar refractivity (Wildman–Crippen MR) is 166 cm³/mol. The number of fused-ring (bicyclic) bond motifs is 1. The lowest BCUT2D eigenvalue weighted by atomic mass is 9.71. The van der Waals surface area contributed by atoms with E-state index >= 15 is 0 Å². The van der Waals surface area contributed by atoms with Crippen LogP contribution in [0.2, 0.25) is 0 Å². The lowest BCUT2D eigenvalue weighted by Gasteiger charge is -2.34. The van der Waals surface area contributed by atoms with Gasteiger partial charge >= 0.3 is 0 Å². The molecule has 222 valence electrons. The van der Waals surface area contributed by atoms with Crippen molar-refractivity contribution >= 4 is 29.5 Å². The molecule has 2 aliphatic rings. The molecule has 0 spiro atoms. The van der Waals surface area contributed by atoms with Crippen LogP contribution in [0.4, 0.5) is 11.4 Å². The van der Waals surface area contributed by atoms with Crippen LogP contribution in [0.3, 0.4) is 0 Å². The number of rotatable bonds is 10. The Morgan fingerprint density at radius 1 is 1.18 bits per heavy atom. The third-order valence-corrected chi connectivity index (χ3v) is 9.72. The van der Waals surface area contributed by atoms with Crippen molar-refractivity contribution in [2.75, 3.05) is 43.7 Å². The van der Waals surface area contributed by atoms with Crippen molar-refractivity contribution < 1.29 is 19.7 Å². The highest BCUT2D eigenvalue weighted by atomic mass is 32.2. The fourth-order valence-electron chi connectivity index (χ4n) is 5.70. The van der Waals surface area contributed by atoms with Crippen molar-refractivity contribution in [2.24, 2.45) is 5.41 Å². The maximum atomic E-state index is 10.0. The van der Waals surface area contributed by atoms with E-state index in [1.165, 1.54) is 65.3 Å². The van der Waals surface area contributed by atoms with E-state index in [9.17, 15) is 9.90 Å². The smallest absolute Gasteiger partial charge is 0.209 e. The van der Waals surface area contributed by atoms with Crippen LogP contribution in [0.5, 0.6) is 0 Å². The minimum absolute atomic E-state index is 0.131. The molecule has 2 unspecified atom stereocenters. The Balaban J connectivity index is 0.000000307. The molecule has 0 saturated carbocycles. The van der Waals surface area contributed by atoms with E-state index in [2.05, 4.69) is 97.7 Å². The molecule has 1 saturated heterocycles. The number of carbonyl (C=O) groups is 1. The van der Waals surface area contributed by atoms with Gasteiger partial charge in [0.05, 0.1) is 18.8 Å². The second-order valence-electron chi connectivity index (χ2n) is 11.3. The van der Waals surface area contributed by atoms with Gasteiger partial charge in [-0.1, -0.05) is 38.8 Å². The number of unbranched alkanes of at least 4 members (excludes halogenated alkanes) is 1. The van der Waals surface area contributed by atoms with Gasteiger partial charge in [0.1, 0.15) is 6.23 Å². The van der Waals surface area contributed by atoms with Gasteiger partial charge < -0.3 is 30.5 Å². The van der Waals surface area contributed by atoms with Crippen LogP contribution >= 0.6 is 11.8 Å². The number of anilines is 2. The Kier molecular flexibility index (Phi) is 12.6. The molecule has 2 aromatic rings. The van der Waals surface area contributed by atoms with Gasteiger partial charge in [-0.15, -0.1) is 11.8 Å². The molecule has 40 heavy (non-hydrogen) atoms. The maximum absolute atomic E-state index is 10.0. The second kappa shape index (κ2) is 15.7. The van der Waals surface area contributed by atoms with Crippen molar-refractivity contribution in [3.63, 3.8) is 0 Å². The Morgan fingerprint density at radius 3 is 2.62 bits per heavy atom. The summed E-state index contributed by atoms with van der Waals surface area (Å²) in [6.07, 6.45) is 6.44. The van der Waals surface area contributed by atoms with Gasteiger partial charge in [-0.05, 0) is 66.1 Å². The highest BCUT2D eigenvalue weighted by Gasteiger charge is 2.36. The molecule has 2 aliphatic heterocycles. The fraction of sp³-hybridized carbons (Fsp3) is 0.594. The number of ether oxygens (including phenoxy) is 1. The number of nitrogens with zero attached hydrogens (tertiary/aromatic N) is 1. The number of aliphatic hydroxyl groups excluding tert-OH is 2. The van der Waals surface area contributed by atoms with Gasteiger partial charge in [0.25, 0.3) is 0 Å². The molecule has 0 aromatic heterocycles. The summed E-state index contributed by atoms with van der Waals surface area (Å²) in [4.78, 5) is 13.7. The van der Waals surface area contributed by atoms with E-state index in [1.54, 1.807) is 0 Å². The molecular formula is C32H49N3O4S. The maximum Gasteiger partial charge on any atom is 0.209 e. The van der Waals surface area contributed by atoms with E-state index in [0.717, 1.165) is 0 Å². The largest absolute Gasteiger partial charge is 0.394 e. The first kappa shape index (κ1) is 32.3. The zero-order chi connectivity index (χ0) is 29.1. The number of thioether (sulfide) groups is 1. The molecule has 0 aliphatic carbocycles. The van der Waals surface area contributed by atoms with Crippen LogP contribution in [-0.4, -0.2) is 68.6 Å². The van der Waals surface area contributed by atoms with Gasteiger partial charge in [-0.2, -0.15) is 0 Å². The molecule has 0 radical (unpaired) electrons. The molecule has 8 heteroatoms. The third-order valence-electron chi connectivity index (χ3n) is 8.28. The molecule has 1 fully saturated rings. The Bertz CT molecular complexity index is 1070. The number of aliphatic hydroxyl groups is 2. The number of benzene rings is 2. The summed E-state index contributed by atoms with van der Waals surface area (Å²) in [5, 5.41) is 23.7. The normalized spacial score (nSPS) is 26.0. The van der Waals surface area contributed by atoms with Crippen LogP contribution in [-0.2, 0) is 9.53 Å². The first-order valence-electron chi connectivity index (χ1n) is 14.6. The number of nitrogens with one attached hydrogen (secondary N) is 2. The zero-order valence-electron chi connectivity index (χ0n) is 24.9. The van der Waals surface area contributed by atoms with Crippen LogP contribution in [0.25, 0.3) is 0 Å². The van der Waals surface area contributed by atoms with Crippen molar-refractivity contribution in [1.29, 1.82) is 0 Å². The standard InChI is InChI=1S/C25H36N2S.C7H13NO4/c1-6-8-14-25(7-2)17-23(19-10-9-11-20(15-19)26-3)22-16-21(27(4)5)12-13-24(22)28-18-25;9-3-6-1-5(11)2-7(12-6)8-4-10/h9-13,15-16,23,26H,6-8,14,17-18H2,1-5H3;4-7,9,11H,1-3H2,(H,8,10)/t23-,25+;5?,6?,7-/m11/s1. The van der Waals surface area contributed by atoms with E-state index in [4.69, 9.17) is 9.84 Å². The van der Waals surface area contributed by atoms with Gasteiger partial charge in [0, 0.05) is 61.9 Å². The highest BCUT2D eigenvalue weighted by Crippen LogP contribution is 2.51. The minimum Gasteiger partial charge on any atom is -0.394 e. The molecular weight excluding hydrogens is 522 g/mol. The van der Waals surface area contributed by atoms with Crippen LogP contribution in [0.1, 0.15) is 75.8 Å². The van der Waals surface area contributed by atoms with Gasteiger partial charge in [-0.25, -0.2) is 0 Å².